The Labute approximate surface area is 108 Å². The fourth-order valence-electron chi connectivity index (χ4n) is 2.20. The standard InChI is InChI=1S/C15H22FNO/c1-3-12(8-9-17)4-7-15(18)14-6-5-13(16)10-11(14)2/h5-6,10,12H,3-4,7-9,17H2,1-2H3. The first-order valence-corrected chi connectivity index (χ1v) is 6.57. The zero-order valence-corrected chi connectivity index (χ0v) is 11.2. The quantitative estimate of drug-likeness (QED) is 0.754. The summed E-state index contributed by atoms with van der Waals surface area (Å²) < 4.78 is 13.0. The van der Waals surface area contributed by atoms with Crippen LogP contribution in [0.1, 0.15) is 48.5 Å². The van der Waals surface area contributed by atoms with Gasteiger partial charge in [-0.2, -0.15) is 0 Å². The molecular weight excluding hydrogens is 229 g/mol. The second-order valence-electron chi connectivity index (χ2n) is 4.77. The van der Waals surface area contributed by atoms with Crippen LogP contribution in [0.5, 0.6) is 0 Å². The fraction of sp³-hybridized carbons (Fsp3) is 0.533. The number of carbonyl (C=O) groups is 1. The second kappa shape index (κ2) is 7.27. The summed E-state index contributed by atoms with van der Waals surface area (Å²) in [6.07, 6.45) is 3.40. The van der Waals surface area contributed by atoms with E-state index in [1.54, 1.807) is 13.0 Å². The molecule has 1 rings (SSSR count). The molecule has 0 heterocycles. The second-order valence-corrected chi connectivity index (χ2v) is 4.77. The normalized spacial score (nSPS) is 12.4. The summed E-state index contributed by atoms with van der Waals surface area (Å²) in [5.74, 6) is 0.321. The topological polar surface area (TPSA) is 43.1 Å². The lowest BCUT2D eigenvalue weighted by atomic mass is 9.93. The zero-order chi connectivity index (χ0) is 13.5. The van der Waals surface area contributed by atoms with Crippen molar-refractivity contribution in [2.75, 3.05) is 6.54 Å². The first kappa shape index (κ1) is 14.8. The molecule has 3 heteroatoms. The van der Waals surface area contributed by atoms with Gasteiger partial charge in [-0.15, -0.1) is 0 Å². The van der Waals surface area contributed by atoms with Crippen molar-refractivity contribution in [1.29, 1.82) is 0 Å². The minimum absolute atomic E-state index is 0.1000. The number of benzene rings is 1. The Balaban J connectivity index is 2.59. The summed E-state index contributed by atoms with van der Waals surface area (Å²) in [4.78, 5) is 12.0. The summed E-state index contributed by atoms with van der Waals surface area (Å²) in [5.41, 5.74) is 6.89. The lowest BCUT2D eigenvalue weighted by Gasteiger charge is -2.13. The van der Waals surface area contributed by atoms with Gasteiger partial charge in [0.15, 0.2) is 5.78 Å². The number of aryl methyl sites for hydroxylation is 1. The van der Waals surface area contributed by atoms with Gasteiger partial charge >= 0.3 is 0 Å². The van der Waals surface area contributed by atoms with Crippen LogP contribution >= 0.6 is 0 Å². The summed E-state index contributed by atoms with van der Waals surface area (Å²) >= 11 is 0. The van der Waals surface area contributed by atoms with Gasteiger partial charge in [-0.05, 0) is 56.0 Å². The highest BCUT2D eigenvalue weighted by Crippen LogP contribution is 2.18. The average molecular weight is 251 g/mol. The van der Waals surface area contributed by atoms with Crippen LogP contribution in [0.15, 0.2) is 18.2 Å². The number of rotatable bonds is 7. The van der Waals surface area contributed by atoms with Crippen LogP contribution in [0.3, 0.4) is 0 Å². The highest BCUT2D eigenvalue weighted by atomic mass is 19.1. The molecule has 0 amide bonds. The van der Waals surface area contributed by atoms with Crippen LogP contribution < -0.4 is 5.73 Å². The van der Waals surface area contributed by atoms with Gasteiger partial charge in [-0.3, -0.25) is 4.79 Å². The summed E-state index contributed by atoms with van der Waals surface area (Å²) in [7, 11) is 0. The molecule has 0 aromatic heterocycles. The molecule has 2 nitrogen and oxygen atoms in total. The minimum Gasteiger partial charge on any atom is -0.330 e. The van der Waals surface area contributed by atoms with E-state index in [2.05, 4.69) is 6.92 Å². The minimum atomic E-state index is -0.293. The van der Waals surface area contributed by atoms with Gasteiger partial charge in [0.05, 0.1) is 0 Å². The lowest BCUT2D eigenvalue weighted by Crippen LogP contribution is -2.11. The number of Topliss-reactive ketones (excluding diaryl/α,β-unsaturated/α-hetero) is 1. The molecule has 100 valence electrons. The van der Waals surface area contributed by atoms with E-state index in [1.807, 2.05) is 0 Å². The monoisotopic (exact) mass is 251 g/mol. The van der Waals surface area contributed by atoms with Gasteiger partial charge in [-0.25, -0.2) is 4.39 Å². The van der Waals surface area contributed by atoms with Crippen molar-refractivity contribution in [2.24, 2.45) is 11.7 Å². The third-order valence-corrected chi connectivity index (χ3v) is 3.42. The largest absolute Gasteiger partial charge is 0.330 e. The number of hydrogen-bond donors (Lipinski definition) is 1. The maximum Gasteiger partial charge on any atom is 0.163 e. The molecule has 0 aliphatic rings. The first-order chi connectivity index (χ1) is 8.58. The SMILES string of the molecule is CCC(CCN)CCC(=O)c1ccc(F)cc1C. The molecule has 2 N–H and O–H groups in total. The maximum absolute atomic E-state index is 13.0. The third kappa shape index (κ3) is 4.22. The van der Waals surface area contributed by atoms with Crippen LogP contribution in [-0.2, 0) is 0 Å². The van der Waals surface area contributed by atoms with Crippen molar-refractivity contribution in [1.82, 2.24) is 0 Å². The van der Waals surface area contributed by atoms with Crippen LogP contribution in [0.2, 0.25) is 0 Å². The van der Waals surface area contributed by atoms with Crippen molar-refractivity contribution in [3.05, 3.63) is 35.1 Å². The van der Waals surface area contributed by atoms with Crippen molar-refractivity contribution in [3.63, 3.8) is 0 Å². The van der Waals surface area contributed by atoms with Crippen LogP contribution in [0.4, 0.5) is 4.39 Å². The van der Waals surface area contributed by atoms with E-state index in [1.165, 1.54) is 12.1 Å². The van der Waals surface area contributed by atoms with Gasteiger partial charge in [-0.1, -0.05) is 13.3 Å². The van der Waals surface area contributed by atoms with Crippen molar-refractivity contribution in [3.8, 4) is 0 Å². The van der Waals surface area contributed by atoms with Gasteiger partial charge in [0.25, 0.3) is 0 Å². The summed E-state index contributed by atoms with van der Waals surface area (Å²) in [6.45, 7) is 4.56. The van der Waals surface area contributed by atoms with Gasteiger partial charge in [0.1, 0.15) is 5.82 Å². The molecule has 0 spiro atoms. The average Bonchev–Trinajstić information content (AvgIpc) is 2.34. The third-order valence-electron chi connectivity index (χ3n) is 3.42. The highest BCUT2D eigenvalue weighted by molar-refractivity contribution is 5.97. The van der Waals surface area contributed by atoms with E-state index in [-0.39, 0.29) is 11.6 Å². The predicted octanol–water partition coefficient (Wildman–Crippen LogP) is 3.47. The first-order valence-electron chi connectivity index (χ1n) is 6.57. The molecule has 1 aromatic carbocycles. The highest BCUT2D eigenvalue weighted by Gasteiger charge is 2.12. The summed E-state index contributed by atoms with van der Waals surface area (Å²) in [6, 6.07) is 4.33. The lowest BCUT2D eigenvalue weighted by molar-refractivity contribution is 0.0972. The molecular formula is C15H22FNO. The molecule has 0 radical (unpaired) electrons. The van der Waals surface area contributed by atoms with E-state index < -0.39 is 0 Å². The molecule has 0 aliphatic heterocycles. The molecule has 1 aromatic rings. The summed E-state index contributed by atoms with van der Waals surface area (Å²) in [5, 5.41) is 0. The predicted molar refractivity (Wildman–Crippen MR) is 72.2 cm³/mol. The van der Waals surface area contributed by atoms with E-state index in [0.29, 0.717) is 30.0 Å². The zero-order valence-electron chi connectivity index (χ0n) is 11.2. The number of ketones is 1. The molecule has 0 fully saturated rings. The molecule has 0 saturated carbocycles. The van der Waals surface area contributed by atoms with Crippen LogP contribution in [-0.4, -0.2) is 12.3 Å². The van der Waals surface area contributed by atoms with Crippen molar-refractivity contribution < 1.29 is 9.18 Å². The molecule has 18 heavy (non-hydrogen) atoms. The van der Waals surface area contributed by atoms with Gasteiger partial charge in [0, 0.05) is 12.0 Å². The van der Waals surface area contributed by atoms with Crippen molar-refractivity contribution >= 4 is 5.78 Å². The van der Waals surface area contributed by atoms with Crippen molar-refractivity contribution in [2.45, 2.75) is 39.5 Å². The van der Waals surface area contributed by atoms with Gasteiger partial charge in [0.2, 0.25) is 0 Å². The Hall–Kier alpha value is -1.22. The number of carbonyl (C=O) groups excluding carboxylic acids is 1. The Morgan fingerprint density at radius 2 is 2.11 bits per heavy atom. The fourth-order valence-corrected chi connectivity index (χ4v) is 2.20. The van der Waals surface area contributed by atoms with Crippen LogP contribution in [0, 0.1) is 18.7 Å². The number of nitrogens with two attached hydrogens (primary N) is 1. The molecule has 0 aliphatic carbocycles. The molecule has 0 saturated heterocycles. The molecule has 1 unspecified atom stereocenters. The maximum atomic E-state index is 13.0. The van der Waals surface area contributed by atoms with E-state index in [9.17, 15) is 9.18 Å². The van der Waals surface area contributed by atoms with E-state index in [0.717, 1.165) is 19.3 Å². The van der Waals surface area contributed by atoms with Gasteiger partial charge < -0.3 is 5.73 Å². The van der Waals surface area contributed by atoms with E-state index in [4.69, 9.17) is 5.73 Å². The van der Waals surface area contributed by atoms with E-state index >= 15 is 0 Å². The smallest absolute Gasteiger partial charge is 0.163 e. The Kier molecular flexibility index (Phi) is 5.99. The van der Waals surface area contributed by atoms with Crippen LogP contribution in [0.25, 0.3) is 0 Å². The molecule has 1 atom stereocenters. The number of hydrogen-bond acceptors (Lipinski definition) is 2. The Morgan fingerprint density at radius 1 is 1.39 bits per heavy atom. The Morgan fingerprint density at radius 3 is 2.67 bits per heavy atom. The number of halogens is 1. The Bertz CT molecular complexity index is 403. The molecule has 0 bridgehead atoms.